The Morgan fingerprint density at radius 2 is 1.38 bits per heavy atom. The van der Waals surface area contributed by atoms with Crippen molar-refractivity contribution in [3.8, 4) is 22.5 Å². The molecule has 0 atom stereocenters. The average molecular weight is 575 g/mol. The van der Waals surface area contributed by atoms with E-state index in [9.17, 15) is 9.59 Å². The van der Waals surface area contributed by atoms with Gasteiger partial charge in [-0.25, -0.2) is 9.97 Å². The SMILES string of the molecule is CCN1C(=O)CCNc2nc(-c3cccc(Cl)c3)ccc21.O=C1CCNc2nc(-c3cccc(Cl)c3)ccc2C1. The normalized spacial score (nSPS) is 14.4. The van der Waals surface area contributed by atoms with E-state index >= 15 is 0 Å². The van der Waals surface area contributed by atoms with E-state index in [1.807, 2.05) is 79.7 Å². The molecule has 204 valence electrons. The lowest BCUT2D eigenvalue weighted by Gasteiger charge is -2.20. The topological polar surface area (TPSA) is 87.2 Å². The molecule has 4 heterocycles. The molecule has 1 amide bonds. The first-order valence-electron chi connectivity index (χ1n) is 13.2. The highest BCUT2D eigenvalue weighted by molar-refractivity contribution is 6.31. The molecule has 0 unspecified atom stereocenters. The van der Waals surface area contributed by atoms with Gasteiger partial charge in [0.25, 0.3) is 0 Å². The maximum Gasteiger partial charge on any atom is 0.228 e. The Hall–Kier alpha value is -3.94. The van der Waals surface area contributed by atoms with Gasteiger partial charge in [0.15, 0.2) is 5.82 Å². The lowest BCUT2D eigenvalue weighted by Crippen LogP contribution is -2.29. The summed E-state index contributed by atoms with van der Waals surface area (Å²) in [5, 5.41) is 7.83. The van der Waals surface area contributed by atoms with Crippen LogP contribution in [0.2, 0.25) is 10.0 Å². The minimum Gasteiger partial charge on any atom is -0.369 e. The van der Waals surface area contributed by atoms with Gasteiger partial charge in [-0.3, -0.25) is 9.59 Å². The van der Waals surface area contributed by atoms with Crippen LogP contribution in [0.3, 0.4) is 0 Å². The van der Waals surface area contributed by atoms with Crippen LogP contribution in [0, 0.1) is 0 Å². The number of fused-ring (bicyclic) bond motifs is 2. The van der Waals surface area contributed by atoms with Crippen LogP contribution in [0.4, 0.5) is 17.3 Å². The highest BCUT2D eigenvalue weighted by Gasteiger charge is 2.22. The number of nitrogens with one attached hydrogen (secondary N) is 2. The molecule has 2 aromatic carbocycles. The van der Waals surface area contributed by atoms with E-state index in [1.54, 1.807) is 4.90 Å². The summed E-state index contributed by atoms with van der Waals surface area (Å²) in [4.78, 5) is 34.6. The van der Waals surface area contributed by atoms with Crippen LogP contribution in [0.15, 0.2) is 72.8 Å². The highest BCUT2D eigenvalue weighted by Crippen LogP contribution is 2.31. The van der Waals surface area contributed by atoms with Crippen molar-refractivity contribution >= 4 is 52.2 Å². The molecule has 2 N–H and O–H groups in total. The van der Waals surface area contributed by atoms with Crippen molar-refractivity contribution in [2.45, 2.75) is 26.2 Å². The van der Waals surface area contributed by atoms with Gasteiger partial charge >= 0.3 is 0 Å². The summed E-state index contributed by atoms with van der Waals surface area (Å²) in [7, 11) is 0. The molecule has 0 radical (unpaired) electrons. The first kappa shape index (κ1) is 27.6. The lowest BCUT2D eigenvalue weighted by molar-refractivity contribution is -0.119. The van der Waals surface area contributed by atoms with Crippen LogP contribution in [-0.2, 0) is 16.0 Å². The molecule has 9 heteroatoms. The lowest BCUT2D eigenvalue weighted by atomic mass is 10.1. The van der Waals surface area contributed by atoms with Crippen LogP contribution in [-0.4, -0.2) is 41.3 Å². The smallest absolute Gasteiger partial charge is 0.228 e. The van der Waals surface area contributed by atoms with Crippen LogP contribution in [0.25, 0.3) is 22.5 Å². The van der Waals surface area contributed by atoms with E-state index in [0.717, 1.165) is 45.4 Å². The van der Waals surface area contributed by atoms with Gasteiger partial charge in [0, 0.05) is 65.6 Å². The van der Waals surface area contributed by atoms with Gasteiger partial charge in [-0.1, -0.05) is 53.5 Å². The summed E-state index contributed by atoms with van der Waals surface area (Å²) >= 11 is 12.0. The molecule has 2 aliphatic heterocycles. The monoisotopic (exact) mass is 573 g/mol. The summed E-state index contributed by atoms with van der Waals surface area (Å²) in [6.45, 7) is 3.87. The number of rotatable bonds is 3. The molecule has 0 saturated heterocycles. The fourth-order valence-electron chi connectivity index (χ4n) is 4.73. The van der Waals surface area contributed by atoms with E-state index in [0.29, 0.717) is 48.9 Å². The number of benzene rings is 2. The second-order valence-electron chi connectivity index (χ2n) is 9.50. The molecule has 0 saturated carbocycles. The molecule has 2 aliphatic rings. The largest absolute Gasteiger partial charge is 0.369 e. The Bertz CT molecular complexity index is 1560. The van der Waals surface area contributed by atoms with Crippen molar-refractivity contribution in [2.75, 3.05) is 35.2 Å². The minimum absolute atomic E-state index is 0.126. The number of Topliss-reactive ketones (excluding diaryl/α,β-unsaturated/α-hetero) is 1. The number of hydrogen-bond acceptors (Lipinski definition) is 6. The number of carbonyl (C=O) groups excluding carboxylic acids is 2. The van der Waals surface area contributed by atoms with Crippen LogP contribution < -0.4 is 15.5 Å². The zero-order valence-electron chi connectivity index (χ0n) is 22.1. The van der Waals surface area contributed by atoms with Gasteiger partial charge in [0.05, 0.1) is 17.1 Å². The number of ketones is 1. The van der Waals surface area contributed by atoms with Gasteiger partial charge in [0.1, 0.15) is 11.6 Å². The molecule has 0 spiro atoms. The summed E-state index contributed by atoms with van der Waals surface area (Å²) in [5.41, 5.74) is 5.45. The van der Waals surface area contributed by atoms with Gasteiger partial charge < -0.3 is 15.5 Å². The number of hydrogen-bond donors (Lipinski definition) is 2. The van der Waals surface area contributed by atoms with Gasteiger partial charge in [-0.05, 0) is 49.4 Å². The van der Waals surface area contributed by atoms with Crippen molar-refractivity contribution in [3.63, 3.8) is 0 Å². The third kappa shape index (κ3) is 6.43. The third-order valence-corrected chi connectivity index (χ3v) is 7.19. The molecule has 0 fully saturated rings. The fraction of sp³-hybridized carbons (Fsp3) is 0.226. The Labute approximate surface area is 243 Å². The second kappa shape index (κ2) is 12.5. The Morgan fingerprint density at radius 3 is 2.02 bits per heavy atom. The number of nitrogens with zero attached hydrogens (tertiary/aromatic N) is 3. The first-order chi connectivity index (χ1) is 19.4. The molecule has 4 aromatic rings. The average Bonchev–Trinajstić information content (AvgIpc) is 3.24. The molecule has 2 aromatic heterocycles. The Balaban J connectivity index is 0.000000162. The van der Waals surface area contributed by atoms with E-state index in [2.05, 4.69) is 20.6 Å². The van der Waals surface area contributed by atoms with E-state index in [4.69, 9.17) is 23.2 Å². The predicted octanol–water partition coefficient (Wildman–Crippen LogP) is 6.90. The van der Waals surface area contributed by atoms with Crippen molar-refractivity contribution in [1.29, 1.82) is 0 Å². The highest BCUT2D eigenvalue weighted by atomic mass is 35.5. The van der Waals surface area contributed by atoms with Gasteiger partial charge in [-0.2, -0.15) is 0 Å². The van der Waals surface area contributed by atoms with Gasteiger partial charge in [-0.15, -0.1) is 0 Å². The van der Waals surface area contributed by atoms with Crippen molar-refractivity contribution < 1.29 is 9.59 Å². The number of halogens is 2. The first-order valence-corrected chi connectivity index (χ1v) is 14.0. The maximum absolute atomic E-state index is 12.0. The molecule has 40 heavy (non-hydrogen) atoms. The number of carbonyl (C=O) groups is 2. The van der Waals surface area contributed by atoms with Gasteiger partial charge in [0.2, 0.25) is 5.91 Å². The fourth-order valence-corrected chi connectivity index (χ4v) is 5.11. The second-order valence-corrected chi connectivity index (χ2v) is 10.4. The number of anilines is 3. The molecule has 7 nitrogen and oxygen atoms in total. The zero-order chi connectivity index (χ0) is 28.1. The van der Waals surface area contributed by atoms with E-state index in [1.165, 1.54) is 0 Å². The quantitative estimate of drug-likeness (QED) is 0.277. The number of pyridine rings is 2. The van der Waals surface area contributed by atoms with E-state index < -0.39 is 0 Å². The summed E-state index contributed by atoms with van der Waals surface area (Å²) in [5.74, 6) is 1.94. The van der Waals surface area contributed by atoms with Crippen LogP contribution in [0.5, 0.6) is 0 Å². The van der Waals surface area contributed by atoms with Crippen LogP contribution >= 0.6 is 23.2 Å². The zero-order valence-corrected chi connectivity index (χ0v) is 23.6. The molecule has 6 rings (SSSR count). The molecular formula is C31H29Cl2N5O2. The standard InChI is InChI=1S/C16H16ClN3O.C15H13ClN2O/c1-2-20-14-7-6-13(11-4-3-5-12(17)10-11)19-16(14)18-9-8-15(20)21;16-12-3-1-2-10(8-12)14-5-4-11-9-13(19)6-7-17-15(11)18-14/h3-7,10H,2,8-9H2,1H3,(H,18,19);1-5,8H,6-7,9H2,(H,17,18). The Morgan fingerprint density at radius 1 is 0.775 bits per heavy atom. The number of amides is 1. The summed E-state index contributed by atoms with van der Waals surface area (Å²) in [6.07, 6.45) is 1.50. The molecule has 0 aliphatic carbocycles. The van der Waals surface area contributed by atoms with Crippen molar-refractivity contribution in [2.24, 2.45) is 0 Å². The van der Waals surface area contributed by atoms with Crippen molar-refractivity contribution in [1.82, 2.24) is 9.97 Å². The minimum atomic E-state index is 0.126. The van der Waals surface area contributed by atoms with E-state index in [-0.39, 0.29) is 11.7 Å². The summed E-state index contributed by atoms with van der Waals surface area (Å²) < 4.78 is 0. The molecular weight excluding hydrogens is 545 g/mol. The van der Waals surface area contributed by atoms with Crippen molar-refractivity contribution in [3.05, 3.63) is 88.4 Å². The Kier molecular flexibility index (Phi) is 8.63. The number of aromatic nitrogens is 2. The predicted molar refractivity (Wildman–Crippen MR) is 162 cm³/mol. The van der Waals surface area contributed by atoms with Crippen LogP contribution in [0.1, 0.15) is 25.3 Å². The third-order valence-electron chi connectivity index (χ3n) is 6.72. The summed E-state index contributed by atoms with van der Waals surface area (Å²) in [6, 6.07) is 23.0. The molecule has 0 bridgehead atoms. The maximum atomic E-state index is 12.0.